The second-order valence-electron chi connectivity index (χ2n) is 4.28. The van der Waals surface area contributed by atoms with Crippen LogP contribution in [0, 0.1) is 0 Å². The van der Waals surface area contributed by atoms with Gasteiger partial charge in [0.25, 0.3) is 0 Å². The standard InChI is InChI=1S/C12H25NS2/c1-14-9-5-3-2-4-8-13-12-7-6-10-15-11-12/h12-13H,2-11H2,1H3. The van der Waals surface area contributed by atoms with Crippen LogP contribution in [0.4, 0.5) is 0 Å². The molecule has 0 radical (unpaired) electrons. The number of thioether (sulfide) groups is 2. The van der Waals surface area contributed by atoms with E-state index in [9.17, 15) is 0 Å². The molecule has 0 aliphatic carbocycles. The molecule has 15 heavy (non-hydrogen) atoms. The summed E-state index contributed by atoms with van der Waals surface area (Å²) in [6, 6.07) is 0.815. The maximum atomic E-state index is 3.69. The Kier molecular flexibility index (Phi) is 9.02. The van der Waals surface area contributed by atoms with Gasteiger partial charge in [0.05, 0.1) is 0 Å². The Balaban J connectivity index is 1.79. The van der Waals surface area contributed by atoms with Crippen LogP contribution in [0.3, 0.4) is 0 Å². The molecule has 0 aromatic carbocycles. The lowest BCUT2D eigenvalue weighted by atomic mass is 10.1. The molecule has 1 unspecified atom stereocenters. The lowest BCUT2D eigenvalue weighted by molar-refractivity contribution is 0.490. The van der Waals surface area contributed by atoms with E-state index < -0.39 is 0 Å². The summed E-state index contributed by atoms with van der Waals surface area (Å²) in [4.78, 5) is 0. The molecule has 0 bridgehead atoms. The predicted molar refractivity (Wildman–Crippen MR) is 75.2 cm³/mol. The van der Waals surface area contributed by atoms with Crippen LogP contribution >= 0.6 is 23.5 Å². The van der Waals surface area contributed by atoms with Gasteiger partial charge < -0.3 is 5.32 Å². The van der Waals surface area contributed by atoms with Gasteiger partial charge >= 0.3 is 0 Å². The van der Waals surface area contributed by atoms with Crippen molar-refractivity contribution in [2.24, 2.45) is 0 Å². The summed E-state index contributed by atoms with van der Waals surface area (Å²) < 4.78 is 0. The predicted octanol–water partition coefficient (Wildman–Crippen LogP) is 3.40. The Bertz CT molecular complexity index is 136. The van der Waals surface area contributed by atoms with Crippen molar-refractivity contribution in [1.29, 1.82) is 0 Å². The molecule has 1 atom stereocenters. The number of nitrogens with one attached hydrogen (secondary N) is 1. The van der Waals surface area contributed by atoms with Crippen molar-refractivity contribution in [3.63, 3.8) is 0 Å². The zero-order valence-electron chi connectivity index (χ0n) is 9.96. The zero-order chi connectivity index (χ0) is 10.8. The normalized spacial score (nSPS) is 21.8. The summed E-state index contributed by atoms with van der Waals surface area (Å²) in [5.74, 6) is 4.06. The molecule has 90 valence electrons. The van der Waals surface area contributed by atoms with Crippen LogP contribution in [0.5, 0.6) is 0 Å². The lowest BCUT2D eigenvalue weighted by Crippen LogP contribution is -2.34. The van der Waals surface area contributed by atoms with E-state index in [0.29, 0.717) is 0 Å². The van der Waals surface area contributed by atoms with Gasteiger partial charge in [0.15, 0.2) is 0 Å². The van der Waals surface area contributed by atoms with Crippen LogP contribution in [-0.2, 0) is 0 Å². The molecule has 1 aliphatic heterocycles. The summed E-state index contributed by atoms with van der Waals surface area (Å²) in [6.07, 6.45) is 10.6. The van der Waals surface area contributed by atoms with Gasteiger partial charge in [-0.05, 0) is 50.0 Å². The van der Waals surface area contributed by atoms with E-state index in [2.05, 4.69) is 23.3 Å². The molecule has 1 fully saturated rings. The molecule has 0 saturated carbocycles. The fraction of sp³-hybridized carbons (Fsp3) is 1.00. The Morgan fingerprint density at radius 3 is 2.87 bits per heavy atom. The number of unbranched alkanes of at least 4 members (excludes halogenated alkanes) is 3. The third-order valence-electron chi connectivity index (χ3n) is 2.87. The highest BCUT2D eigenvalue weighted by Gasteiger charge is 2.11. The minimum Gasteiger partial charge on any atom is -0.313 e. The molecule has 0 aromatic rings. The topological polar surface area (TPSA) is 12.0 Å². The lowest BCUT2D eigenvalue weighted by Gasteiger charge is -2.22. The van der Waals surface area contributed by atoms with Gasteiger partial charge in [0.2, 0.25) is 0 Å². The molecule has 1 heterocycles. The molecule has 0 aromatic heterocycles. The zero-order valence-corrected chi connectivity index (χ0v) is 11.6. The van der Waals surface area contributed by atoms with Gasteiger partial charge in [-0.15, -0.1) is 0 Å². The van der Waals surface area contributed by atoms with E-state index in [0.717, 1.165) is 6.04 Å². The first-order chi connectivity index (χ1) is 7.43. The SMILES string of the molecule is CSCCCCCCNC1CCCSC1. The summed E-state index contributed by atoms with van der Waals surface area (Å²) in [5, 5.41) is 3.69. The second-order valence-corrected chi connectivity index (χ2v) is 6.41. The second kappa shape index (κ2) is 9.86. The average molecular weight is 247 g/mol. The monoisotopic (exact) mass is 247 g/mol. The highest BCUT2D eigenvalue weighted by atomic mass is 32.2. The van der Waals surface area contributed by atoms with E-state index in [1.54, 1.807) is 0 Å². The maximum absolute atomic E-state index is 3.69. The van der Waals surface area contributed by atoms with E-state index in [-0.39, 0.29) is 0 Å². The summed E-state index contributed by atoms with van der Waals surface area (Å²) in [7, 11) is 0. The third-order valence-corrected chi connectivity index (χ3v) is 4.78. The van der Waals surface area contributed by atoms with Gasteiger partial charge in [-0.25, -0.2) is 0 Å². The summed E-state index contributed by atoms with van der Waals surface area (Å²) in [6.45, 7) is 1.24. The molecule has 0 spiro atoms. The number of hydrogen-bond donors (Lipinski definition) is 1. The van der Waals surface area contributed by atoms with E-state index in [1.807, 2.05) is 11.8 Å². The van der Waals surface area contributed by atoms with Gasteiger partial charge in [0.1, 0.15) is 0 Å². The minimum atomic E-state index is 0.815. The smallest absolute Gasteiger partial charge is 0.0158 e. The molecule has 3 heteroatoms. The van der Waals surface area contributed by atoms with Crippen LogP contribution < -0.4 is 5.32 Å². The van der Waals surface area contributed by atoms with Crippen LogP contribution in [0.15, 0.2) is 0 Å². The van der Waals surface area contributed by atoms with Crippen molar-refractivity contribution in [3.05, 3.63) is 0 Å². The van der Waals surface area contributed by atoms with Crippen LogP contribution in [0.25, 0.3) is 0 Å². The largest absolute Gasteiger partial charge is 0.313 e. The van der Waals surface area contributed by atoms with Crippen molar-refractivity contribution in [1.82, 2.24) is 5.32 Å². The van der Waals surface area contributed by atoms with Crippen molar-refractivity contribution >= 4 is 23.5 Å². The quantitative estimate of drug-likeness (QED) is 0.660. The fourth-order valence-corrected chi connectivity index (χ4v) is 3.53. The number of rotatable bonds is 8. The molecular weight excluding hydrogens is 222 g/mol. The Morgan fingerprint density at radius 2 is 2.13 bits per heavy atom. The van der Waals surface area contributed by atoms with E-state index in [1.165, 1.54) is 62.3 Å². The molecular formula is C12H25NS2. The van der Waals surface area contributed by atoms with E-state index >= 15 is 0 Å². The van der Waals surface area contributed by atoms with Gasteiger partial charge in [-0.2, -0.15) is 23.5 Å². The maximum Gasteiger partial charge on any atom is 0.0158 e. The minimum absolute atomic E-state index is 0.815. The average Bonchev–Trinajstić information content (AvgIpc) is 2.29. The molecule has 1 nitrogen and oxygen atoms in total. The molecule has 1 rings (SSSR count). The molecule has 0 amide bonds. The Hall–Kier alpha value is 0.660. The van der Waals surface area contributed by atoms with Crippen LogP contribution in [-0.4, -0.2) is 36.1 Å². The van der Waals surface area contributed by atoms with Crippen molar-refractivity contribution < 1.29 is 0 Å². The van der Waals surface area contributed by atoms with Gasteiger partial charge in [0, 0.05) is 11.8 Å². The van der Waals surface area contributed by atoms with Crippen LogP contribution in [0.2, 0.25) is 0 Å². The van der Waals surface area contributed by atoms with Crippen molar-refractivity contribution in [2.45, 2.75) is 44.6 Å². The van der Waals surface area contributed by atoms with E-state index in [4.69, 9.17) is 0 Å². The van der Waals surface area contributed by atoms with Crippen LogP contribution in [0.1, 0.15) is 38.5 Å². The van der Waals surface area contributed by atoms with Gasteiger partial charge in [-0.3, -0.25) is 0 Å². The third kappa shape index (κ3) is 7.53. The molecule has 1 N–H and O–H groups in total. The molecule has 1 saturated heterocycles. The first kappa shape index (κ1) is 13.7. The molecule has 1 aliphatic rings. The summed E-state index contributed by atoms with van der Waals surface area (Å²) in [5.41, 5.74) is 0. The first-order valence-corrected chi connectivity index (χ1v) is 8.78. The first-order valence-electron chi connectivity index (χ1n) is 6.23. The highest BCUT2D eigenvalue weighted by Crippen LogP contribution is 2.16. The Labute approximate surface area is 104 Å². The van der Waals surface area contributed by atoms with Crippen molar-refractivity contribution in [2.75, 3.05) is 30.1 Å². The van der Waals surface area contributed by atoms with Crippen molar-refractivity contribution in [3.8, 4) is 0 Å². The van der Waals surface area contributed by atoms with Gasteiger partial charge in [-0.1, -0.05) is 12.8 Å². The summed E-state index contributed by atoms with van der Waals surface area (Å²) >= 11 is 4.08. The number of hydrogen-bond acceptors (Lipinski definition) is 3. The highest BCUT2D eigenvalue weighted by molar-refractivity contribution is 7.99. The fourth-order valence-electron chi connectivity index (χ4n) is 1.93. The Morgan fingerprint density at radius 1 is 1.27 bits per heavy atom.